The van der Waals surface area contributed by atoms with Crippen molar-refractivity contribution in [1.82, 2.24) is 9.88 Å². The Kier molecular flexibility index (Phi) is 3.93. The second kappa shape index (κ2) is 5.32. The van der Waals surface area contributed by atoms with Crippen molar-refractivity contribution >= 4 is 21.6 Å². The third kappa shape index (κ3) is 3.15. The molecule has 0 saturated heterocycles. The lowest BCUT2D eigenvalue weighted by atomic mass is 10.2. The zero-order valence-electron chi connectivity index (χ0n) is 10.5. The average molecular weight is 301 g/mol. The second-order valence-electron chi connectivity index (χ2n) is 4.08. The quantitative estimate of drug-likeness (QED) is 0.941. The van der Waals surface area contributed by atoms with Crippen molar-refractivity contribution in [3.05, 3.63) is 46.3 Å². The first-order valence-electron chi connectivity index (χ1n) is 5.57. The molecule has 1 aromatic heterocycles. The Morgan fingerprint density at radius 1 is 1.26 bits per heavy atom. The Morgan fingerprint density at radius 3 is 2.42 bits per heavy atom. The third-order valence-electron chi connectivity index (χ3n) is 2.74. The Morgan fingerprint density at radius 2 is 1.89 bits per heavy atom. The number of nitrogens with zero attached hydrogens (tertiary/aromatic N) is 1. The molecule has 19 heavy (non-hydrogen) atoms. The van der Waals surface area contributed by atoms with Crippen LogP contribution in [0.5, 0.6) is 0 Å². The fourth-order valence-corrected chi connectivity index (χ4v) is 2.74. The number of aromatic nitrogens is 1. The summed E-state index contributed by atoms with van der Waals surface area (Å²) >= 11 is 5.73. The maximum absolute atomic E-state index is 12.1. The monoisotopic (exact) mass is 300 g/mol. The molecule has 0 spiro atoms. The number of nitrogens with one attached hydrogen (secondary N) is 1. The lowest BCUT2D eigenvalue weighted by Gasteiger charge is -2.06. The van der Waals surface area contributed by atoms with Gasteiger partial charge >= 0.3 is 0 Å². The molecule has 5 nitrogen and oxygen atoms in total. The highest BCUT2D eigenvalue weighted by Gasteiger charge is 2.16. The van der Waals surface area contributed by atoms with E-state index >= 15 is 0 Å². The van der Waals surface area contributed by atoms with Gasteiger partial charge in [-0.1, -0.05) is 16.8 Å². The van der Waals surface area contributed by atoms with Gasteiger partial charge in [-0.15, -0.1) is 0 Å². The minimum atomic E-state index is -3.56. The molecule has 1 aromatic carbocycles. The molecule has 0 aliphatic carbocycles. The maximum Gasteiger partial charge on any atom is 0.240 e. The summed E-state index contributed by atoms with van der Waals surface area (Å²) in [4.78, 5) is 0.170. The van der Waals surface area contributed by atoms with Crippen molar-refractivity contribution < 1.29 is 12.9 Å². The van der Waals surface area contributed by atoms with Gasteiger partial charge in [-0.05, 0) is 38.1 Å². The summed E-state index contributed by atoms with van der Waals surface area (Å²) in [6.45, 7) is 3.65. The predicted molar refractivity (Wildman–Crippen MR) is 71.5 cm³/mol. The number of sulfonamides is 1. The summed E-state index contributed by atoms with van der Waals surface area (Å²) in [6, 6.07) is 5.98. The van der Waals surface area contributed by atoms with Crippen molar-refractivity contribution in [3.8, 4) is 0 Å². The van der Waals surface area contributed by atoms with Gasteiger partial charge in [0.15, 0.2) is 0 Å². The molecule has 0 bridgehead atoms. The molecule has 7 heteroatoms. The largest absolute Gasteiger partial charge is 0.361 e. The molecule has 0 atom stereocenters. The molecule has 0 aliphatic heterocycles. The Hall–Kier alpha value is -1.37. The van der Waals surface area contributed by atoms with Crippen LogP contribution < -0.4 is 4.72 Å². The Labute approximate surface area is 116 Å². The van der Waals surface area contributed by atoms with Gasteiger partial charge in [0.05, 0.1) is 10.6 Å². The summed E-state index contributed by atoms with van der Waals surface area (Å²) in [5, 5.41) is 4.26. The molecule has 0 saturated carbocycles. The zero-order valence-corrected chi connectivity index (χ0v) is 12.0. The number of hydrogen-bond donors (Lipinski definition) is 1. The number of benzene rings is 1. The minimum absolute atomic E-state index is 0.145. The van der Waals surface area contributed by atoms with Crippen LogP contribution in [-0.2, 0) is 16.6 Å². The molecule has 0 unspecified atom stereocenters. The summed E-state index contributed by atoms with van der Waals surface area (Å²) in [6.07, 6.45) is 0. The van der Waals surface area contributed by atoms with Crippen molar-refractivity contribution in [2.45, 2.75) is 25.3 Å². The van der Waals surface area contributed by atoms with E-state index < -0.39 is 10.0 Å². The summed E-state index contributed by atoms with van der Waals surface area (Å²) in [5.41, 5.74) is 1.42. The lowest BCUT2D eigenvalue weighted by Crippen LogP contribution is -2.23. The van der Waals surface area contributed by atoms with Gasteiger partial charge in [0.25, 0.3) is 0 Å². The van der Waals surface area contributed by atoms with Gasteiger partial charge in [-0.3, -0.25) is 0 Å². The summed E-state index contributed by atoms with van der Waals surface area (Å²) in [5.74, 6) is 0.608. The first-order chi connectivity index (χ1) is 8.90. The summed E-state index contributed by atoms with van der Waals surface area (Å²) < 4.78 is 31.6. The molecular weight excluding hydrogens is 288 g/mol. The van der Waals surface area contributed by atoms with E-state index in [1.807, 2.05) is 0 Å². The topological polar surface area (TPSA) is 72.2 Å². The van der Waals surface area contributed by atoms with Crippen LogP contribution in [0.15, 0.2) is 33.7 Å². The van der Waals surface area contributed by atoms with Crippen LogP contribution >= 0.6 is 11.6 Å². The van der Waals surface area contributed by atoms with Crippen LogP contribution in [0.3, 0.4) is 0 Å². The van der Waals surface area contributed by atoms with Gasteiger partial charge in [0.2, 0.25) is 10.0 Å². The first-order valence-corrected chi connectivity index (χ1v) is 7.43. The second-order valence-corrected chi connectivity index (χ2v) is 6.28. The van der Waals surface area contributed by atoms with E-state index in [2.05, 4.69) is 9.88 Å². The van der Waals surface area contributed by atoms with Crippen LogP contribution in [0.4, 0.5) is 0 Å². The average Bonchev–Trinajstić information content (AvgIpc) is 2.67. The van der Waals surface area contributed by atoms with Crippen LogP contribution in [0.25, 0.3) is 0 Å². The SMILES string of the molecule is Cc1noc(C)c1CNS(=O)(=O)c1ccc(Cl)cc1. The van der Waals surface area contributed by atoms with E-state index in [1.54, 1.807) is 13.8 Å². The molecule has 2 rings (SSSR count). The number of rotatable bonds is 4. The van der Waals surface area contributed by atoms with Crippen molar-refractivity contribution in [2.75, 3.05) is 0 Å². The molecule has 2 aromatic rings. The molecule has 0 radical (unpaired) electrons. The molecule has 1 N–H and O–H groups in total. The molecule has 0 fully saturated rings. The van der Waals surface area contributed by atoms with Crippen LogP contribution in [0, 0.1) is 13.8 Å². The van der Waals surface area contributed by atoms with E-state index in [0.29, 0.717) is 16.5 Å². The molecule has 1 heterocycles. The highest BCUT2D eigenvalue weighted by molar-refractivity contribution is 7.89. The molecule has 0 aliphatic rings. The third-order valence-corrected chi connectivity index (χ3v) is 4.41. The van der Waals surface area contributed by atoms with Gasteiger partial charge in [0, 0.05) is 17.1 Å². The van der Waals surface area contributed by atoms with Crippen LogP contribution in [0.2, 0.25) is 5.02 Å². The number of halogens is 1. The minimum Gasteiger partial charge on any atom is -0.361 e. The summed E-state index contributed by atoms with van der Waals surface area (Å²) in [7, 11) is -3.56. The van der Waals surface area contributed by atoms with Gasteiger partial charge in [-0.2, -0.15) is 0 Å². The predicted octanol–water partition coefficient (Wildman–Crippen LogP) is 2.42. The van der Waals surface area contributed by atoms with Crippen LogP contribution in [-0.4, -0.2) is 13.6 Å². The highest BCUT2D eigenvalue weighted by atomic mass is 35.5. The fraction of sp³-hybridized carbons (Fsp3) is 0.250. The normalized spacial score (nSPS) is 11.7. The fourth-order valence-electron chi connectivity index (χ4n) is 1.62. The van der Waals surface area contributed by atoms with E-state index in [9.17, 15) is 8.42 Å². The highest BCUT2D eigenvalue weighted by Crippen LogP contribution is 2.16. The van der Waals surface area contributed by atoms with Crippen molar-refractivity contribution in [3.63, 3.8) is 0 Å². The molecule has 0 amide bonds. The molecule has 102 valence electrons. The zero-order chi connectivity index (χ0) is 14.0. The maximum atomic E-state index is 12.1. The van der Waals surface area contributed by atoms with E-state index in [0.717, 1.165) is 5.56 Å². The lowest BCUT2D eigenvalue weighted by molar-refractivity contribution is 0.392. The smallest absolute Gasteiger partial charge is 0.240 e. The Balaban J connectivity index is 2.16. The van der Waals surface area contributed by atoms with Gasteiger partial charge in [0.1, 0.15) is 5.76 Å². The Bertz CT molecular complexity index is 658. The van der Waals surface area contributed by atoms with Gasteiger partial charge in [-0.25, -0.2) is 13.1 Å². The first kappa shape index (κ1) is 14.0. The van der Waals surface area contributed by atoms with Gasteiger partial charge < -0.3 is 4.52 Å². The number of hydrogen-bond acceptors (Lipinski definition) is 4. The van der Waals surface area contributed by atoms with Crippen LogP contribution in [0.1, 0.15) is 17.0 Å². The molecular formula is C12H13ClN2O3S. The van der Waals surface area contributed by atoms with Crippen molar-refractivity contribution in [1.29, 1.82) is 0 Å². The number of aryl methyl sites for hydroxylation is 2. The van der Waals surface area contributed by atoms with Crippen molar-refractivity contribution in [2.24, 2.45) is 0 Å². The van der Waals surface area contributed by atoms with E-state index in [4.69, 9.17) is 16.1 Å². The van der Waals surface area contributed by atoms with E-state index in [-0.39, 0.29) is 11.4 Å². The van der Waals surface area contributed by atoms with E-state index in [1.165, 1.54) is 24.3 Å². The standard InChI is InChI=1S/C12H13ClN2O3S/c1-8-12(9(2)18-15-8)7-14-19(16,17)11-5-3-10(13)4-6-11/h3-6,14H,7H2,1-2H3.